The van der Waals surface area contributed by atoms with E-state index < -0.39 is 24.4 Å². The van der Waals surface area contributed by atoms with Crippen LogP contribution in [0.3, 0.4) is 0 Å². The van der Waals surface area contributed by atoms with Crippen LogP contribution in [0.15, 0.2) is 0 Å². The molecule has 0 radical (unpaired) electrons. The Morgan fingerprint density at radius 3 is 2.92 bits per heavy atom. The lowest BCUT2D eigenvalue weighted by molar-refractivity contribution is -0.147. The summed E-state index contributed by atoms with van der Waals surface area (Å²) in [7, 11) is 0. The van der Waals surface area contributed by atoms with Gasteiger partial charge in [0, 0.05) is 6.61 Å². The second-order valence-corrected chi connectivity index (χ2v) is 2.89. The number of carbonyl (C=O) groups excluding carboxylic acids is 1. The number of aliphatic hydroxyl groups is 2. The van der Waals surface area contributed by atoms with E-state index in [1.807, 2.05) is 0 Å². The Bertz CT molecular complexity index is 186. The van der Waals surface area contributed by atoms with Crippen LogP contribution in [0, 0.1) is 0 Å². The van der Waals surface area contributed by atoms with Crippen molar-refractivity contribution in [2.75, 3.05) is 13.2 Å². The average molecular weight is 191 g/mol. The summed E-state index contributed by atoms with van der Waals surface area (Å²) in [6.07, 6.45) is -3.07. The highest BCUT2D eigenvalue weighted by Crippen LogP contribution is 2.14. The zero-order chi connectivity index (χ0) is 9.84. The van der Waals surface area contributed by atoms with Crippen molar-refractivity contribution in [1.29, 1.82) is 0 Å². The molecule has 6 nitrogen and oxygen atoms in total. The molecular formula is C7H13NO5. The summed E-state index contributed by atoms with van der Waals surface area (Å²) in [5.41, 5.74) is 4.73. The van der Waals surface area contributed by atoms with Crippen LogP contribution < -0.4 is 5.73 Å². The number of hydrogen-bond donors (Lipinski definition) is 3. The third-order valence-corrected chi connectivity index (χ3v) is 1.91. The van der Waals surface area contributed by atoms with Gasteiger partial charge in [0.25, 0.3) is 0 Å². The van der Waals surface area contributed by atoms with Crippen LogP contribution >= 0.6 is 0 Å². The fraction of sp³-hybridized carbons (Fsp3) is 0.857. The van der Waals surface area contributed by atoms with Crippen molar-refractivity contribution in [2.24, 2.45) is 5.73 Å². The van der Waals surface area contributed by atoms with Crippen molar-refractivity contribution in [3.63, 3.8) is 0 Å². The lowest BCUT2D eigenvalue weighted by Crippen LogP contribution is -2.47. The van der Waals surface area contributed by atoms with Gasteiger partial charge in [0.2, 0.25) is 0 Å². The highest BCUT2D eigenvalue weighted by Gasteiger charge is 2.32. The standard InChI is InChI=1S/C7H13NO5/c8-7(11)13-3-5-6(10)4(9)1-2-12-5/h4-6,9-10H,1-3H2,(H2,8,11)/t4-,5-,6+/m1/s1. The Morgan fingerprint density at radius 2 is 2.31 bits per heavy atom. The van der Waals surface area contributed by atoms with Gasteiger partial charge in [0.05, 0.1) is 6.10 Å². The number of amides is 1. The SMILES string of the molecule is NC(=O)OC[C@H]1OCC[C@@H](O)[C@@H]1O. The predicted octanol–water partition coefficient (Wildman–Crippen LogP) is -1.41. The number of carbonyl (C=O) groups is 1. The number of nitrogens with two attached hydrogens (primary N) is 1. The summed E-state index contributed by atoms with van der Waals surface area (Å²) in [4.78, 5) is 10.2. The molecule has 0 aliphatic carbocycles. The Balaban J connectivity index is 2.35. The van der Waals surface area contributed by atoms with Gasteiger partial charge in [-0.25, -0.2) is 4.79 Å². The van der Waals surface area contributed by atoms with E-state index in [0.717, 1.165) is 0 Å². The molecule has 1 amide bonds. The van der Waals surface area contributed by atoms with Gasteiger partial charge >= 0.3 is 6.09 Å². The van der Waals surface area contributed by atoms with Crippen LogP contribution in [0.1, 0.15) is 6.42 Å². The minimum atomic E-state index is -1.02. The predicted molar refractivity (Wildman–Crippen MR) is 41.9 cm³/mol. The first kappa shape index (κ1) is 10.2. The minimum Gasteiger partial charge on any atom is -0.447 e. The monoisotopic (exact) mass is 191 g/mol. The van der Waals surface area contributed by atoms with E-state index in [9.17, 15) is 15.0 Å². The highest BCUT2D eigenvalue weighted by molar-refractivity contribution is 5.64. The van der Waals surface area contributed by atoms with Gasteiger partial charge in [-0.05, 0) is 6.42 Å². The van der Waals surface area contributed by atoms with Crippen molar-refractivity contribution in [1.82, 2.24) is 0 Å². The van der Waals surface area contributed by atoms with E-state index >= 15 is 0 Å². The summed E-state index contributed by atoms with van der Waals surface area (Å²) < 4.78 is 9.51. The van der Waals surface area contributed by atoms with Crippen molar-refractivity contribution in [3.05, 3.63) is 0 Å². The largest absolute Gasteiger partial charge is 0.447 e. The summed E-state index contributed by atoms with van der Waals surface area (Å²) in [5.74, 6) is 0. The molecule has 13 heavy (non-hydrogen) atoms. The number of aliphatic hydroxyl groups excluding tert-OH is 2. The molecule has 1 heterocycles. The second kappa shape index (κ2) is 4.40. The smallest absolute Gasteiger partial charge is 0.404 e. The third kappa shape index (κ3) is 2.83. The van der Waals surface area contributed by atoms with Crippen LogP contribution in [0.4, 0.5) is 4.79 Å². The van der Waals surface area contributed by atoms with Gasteiger partial charge in [-0.3, -0.25) is 0 Å². The summed E-state index contributed by atoms with van der Waals surface area (Å²) in [6, 6.07) is 0. The molecule has 0 aromatic rings. The van der Waals surface area contributed by atoms with Crippen LogP contribution in [0.25, 0.3) is 0 Å². The Morgan fingerprint density at radius 1 is 1.62 bits per heavy atom. The molecule has 0 bridgehead atoms. The minimum absolute atomic E-state index is 0.131. The van der Waals surface area contributed by atoms with Crippen LogP contribution in [0.5, 0.6) is 0 Å². The van der Waals surface area contributed by atoms with Gasteiger partial charge in [-0.15, -0.1) is 0 Å². The lowest BCUT2D eigenvalue weighted by Gasteiger charge is -2.31. The maximum absolute atomic E-state index is 10.2. The first-order valence-corrected chi connectivity index (χ1v) is 4.01. The molecule has 1 saturated heterocycles. The molecule has 6 heteroatoms. The lowest BCUT2D eigenvalue weighted by atomic mass is 10.0. The van der Waals surface area contributed by atoms with Crippen LogP contribution in [-0.4, -0.2) is 47.8 Å². The highest BCUT2D eigenvalue weighted by atomic mass is 16.6. The van der Waals surface area contributed by atoms with Crippen LogP contribution in [0.2, 0.25) is 0 Å². The molecule has 0 aromatic heterocycles. The topological polar surface area (TPSA) is 102 Å². The molecule has 1 aliphatic rings. The van der Waals surface area contributed by atoms with Crippen molar-refractivity contribution >= 4 is 6.09 Å². The van der Waals surface area contributed by atoms with E-state index in [2.05, 4.69) is 4.74 Å². The molecule has 1 fully saturated rings. The van der Waals surface area contributed by atoms with E-state index in [0.29, 0.717) is 13.0 Å². The molecule has 0 saturated carbocycles. The Labute approximate surface area is 75.2 Å². The molecule has 4 N–H and O–H groups in total. The fourth-order valence-corrected chi connectivity index (χ4v) is 1.17. The number of ether oxygens (including phenoxy) is 2. The molecule has 0 aromatic carbocycles. The van der Waals surface area contributed by atoms with Gasteiger partial charge in [-0.1, -0.05) is 0 Å². The first-order valence-electron chi connectivity index (χ1n) is 4.01. The Hall–Kier alpha value is -0.850. The van der Waals surface area contributed by atoms with E-state index in [1.165, 1.54) is 0 Å². The second-order valence-electron chi connectivity index (χ2n) is 2.89. The van der Waals surface area contributed by atoms with Gasteiger partial charge in [0.1, 0.15) is 18.8 Å². The van der Waals surface area contributed by atoms with Crippen molar-refractivity contribution in [3.8, 4) is 0 Å². The van der Waals surface area contributed by atoms with Crippen molar-refractivity contribution in [2.45, 2.75) is 24.7 Å². The van der Waals surface area contributed by atoms with Crippen LogP contribution in [-0.2, 0) is 9.47 Å². The van der Waals surface area contributed by atoms with Crippen molar-refractivity contribution < 1.29 is 24.5 Å². The summed E-state index contributed by atoms with van der Waals surface area (Å²) in [5, 5.41) is 18.6. The van der Waals surface area contributed by atoms with Gasteiger partial charge < -0.3 is 25.4 Å². The number of hydrogen-bond acceptors (Lipinski definition) is 5. The maximum Gasteiger partial charge on any atom is 0.404 e. The zero-order valence-electron chi connectivity index (χ0n) is 7.05. The van der Waals surface area contributed by atoms with E-state index in [4.69, 9.17) is 10.5 Å². The Kier molecular flexibility index (Phi) is 3.47. The van der Waals surface area contributed by atoms with Gasteiger partial charge in [-0.2, -0.15) is 0 Å². The fourth-order valence-electron chi connectivity index (χ4n) is 1.17. The van der Waals surface area contributed by atoms with E-state index in [1.54, 1.807) is 0 Å². The normalized spacial score (nSPS) is 34.2. The molecule has 76 valence electrons. The number of primary amides is 1. The summed E-state index contributed by atoms with van der Waals surface area (Å²) >= 11 is 0. The molecule has 3 atom stereocenters. The zero-order valence-corrected chi connectivity index (χ0v) is 7.05. The molecule has 0 spiro atoms. The number of rotatable bonds is 2. The molecular weight excluding hydrogens is 178 g/mol. The molecule has 1 rings (SSSR count). The quantitative estimate of drug-likeness (QED) is 0.497. The van der Waals surface area contributed by atoms with E-state index in [-0.39, 0.29) is 6.61 Å². The third-order valence-electron chi connectivity index (χ3n) is 1.91. The molecule has 0 unspecified atom stereocenters. The van der Waals surface area contributed by atoms with Gasteiger partial charge in [0.15, 0.2) is 0 Å². The maximum atomic E-state index is 10.2. The first-order chi connectivity index (χ1) is 6.11. The molecule has 1 aliphatic heterocycles. The summed E-state index contributed by atoms with van der Waals surface area (Å²) in [6.45, 7) is 0.207. The average Bonchev–Trinajstić information content (AvgIpc) is 2.07.